The normalized spacial score (nSPS) is 11.4. The zero-order valence-electron chi connectivity index (χ0n) is 13.7. The third-order valence-corrected chi connectivity index (χ3v) is 6.50. The summed E-state index contributed by atoms with van der Waals surface area (Å²) in [5.74, 6) is -0.276. The van der Waals surface area contributed by atoms with Gasteiger partial charge in [-0.1, -0.05) is 17.4 Å². The predicted molar refractivity (Wildman–Crippen MR) is 105 cm³/mol. The molecule has 0 radical (unpaired) electrons. The minimum atomic E-state index is -0.276. The maximum absolute atomic E-state index is 14.5. The molecule has 4 nitrogen and oxygen atoms in total. The SMILES string of the molecule is CNc1nc2c(F)cc(N(CCN(C)C)Sc3cccs3)cc2s1. The number of hydrogen-bond acceptors (Lipinski definition) is 7. The zero-order chi connectivity index (χ0) is 17.1. The molecular formula is C16H19FN4S3. The van der Waals surface area contributed by atoms with Crippen molar-refractivity contribution in [3.63, 3.8) is 0 Å². The molecule has 0 unspecified atom stereocenters. The summed E-state index contributed by atoms with van der Waals surface area (Å²) in [5.41, 5.74) is 1.30. The Hall–Kier alpha value is -1.35. The van der Waals surface area contributed by atoms with Crippen LogP contribution >= 0.6 is 34.6 Å². The highest BCUT2D eigenvalue weighted by Gasteiger charge is 2.15. The van der Waals surface area contributed by atoms with E-state index < -0.39 is 0 Å². The average Bonchev–Trinajstić information content (AvgIpc) is 3.20. The number of anilines is 2. The van der Waals surface area contributed by atoms with Crippen LogP contribution in [0.1, 0.15) is 0 Å². The van der Waals surface area contributed by atoms with E-state index in [1.54, 1.807) is 36.4 Å². The molecule has 0 aliphatic carbocycles. The lowest BCUT2D eigenvalue weighted by Gasteiger charge is -2.24. The molecule has 0 saturated heterocycles. The van der Waals surface area contributed by atoms with Crippen molar-refractivity contribution >= 4 is 55.7 Å². The fourth-order valence-electron chi connectivity index (χ4n) is 2.17. The minimum Gasteiger partial charge on any atom is -0.365 e. The van der Waals surface area contributed by atoms with Gasteiger partial charge in [-0.15, -0.1) is 11.3 Å². The van der Waals surface area contributed by atoms with Gasteiger partial charge in [0, 0.05) is 26.2 Å². The number of thiazole rings is 1. The van der Waals surface area contributed by atoms with Crippen molar-refractivity contribution in [2.24, 2.45) is 0 Å². The van der Waals surface area contributed by atoms with E-state index in [4.69, 9.17) is 0 Å². The van der Waals surface area contributed by atoms with Crippen molar-refractivity contribution in [3.05, 3.63) is 35.5 Å². The van der Waals surface area contributed by atoms with Crippen molar-refractivity contribution in [3.8, 4) is 0 Å². The standard InChI is InChI=1S/C16H19FN4S3/c1-18-16-19-15-12(17)9-11(10-13(15)23-16)21(7-6-20(2)3)24-14-5-4-8-22-14/h4-5,8-10H,6-7H2,1-3H3,(H,18,19). The summed E-state index contributed by atoms with van der Waals surface area (Å²) in [4.78, 5) is 6.41. The lowest BCUT2D eigenvalue weighted by atomic mass is 10.3. The Labute approximate surface area is 153 Å². The van der Waals surface area contributed by atoms with Gasteiger partial charge in [0.15, 0.2) is 10.9 Å². The van der Waals surface area contributed by atoms with Gasteiger partial charge in [0.1, 0.15) is 5.52 Å². The molecule has 0 aliphatic rings. The molecular weight excluding hydrogens is 363 g/mol. The van der Waals surface area contributed by atoms with Crippen LogP contribution in [0, 0.1) is 5.82 Å². The molecule has 2 aromatic heterocycles. The number of rotatable bonds is 7. The van der Waals surface area contributed by atoms with Crippen LogP contribution in [0.4, 0.5) is 15.2 Å². The van der Waals surface area contributed by atoms with Gasteiger partial charge in [0.05, 0.1) is 14.6 Å². The van der Waals surface area contributed by atoms with Crippen LogP contribution < -0.4 is 9.62 Å². The van der Waals surface area contributed by atoms with Gasteiger partial charge in [-0.25, -0.2) is 9.37 Å². The summed E-state index contributed by atoms with van der Waals surface area (Å²) in [6.07, 6.45) is 0. The second-order valence-electron chi connectivity index (χ2n) is 5.47. The number of benzene rings is 1. The quantitative estimate of drug-likeness (QED) is 0.603. The monoisotopic (exact) mass is 382 g/mol. The van der Waals surface area contributed by atoms with Gasteiger partial charge in [0.2, 0.25) is 0 Å². The molecule has 0 amide bonds. The first kappa shape index (κ1) is 17.5. The largest absolute Gasteiger partial charge is 0.365 e. The van der Waals surface area contributed by atoms with E-state index in [1.165, 1.54) is 15.5 Å². The number of nitrogens with zero attached hydrogens (tertiary/aromatic N) is 3. The maximum Gasteiger partial charge on any atom is 0.183 e. The van der Waals surface area contributed by atoms with Crippen LogP contribution in [0.3, 0.4) is 0 Å². The van der Waals surface area contributed by atoms with Crippen LogP contribution in [-0.2, 0) is 0 Å². The van der Waals surface area contributed by atoms with Crippen molar-refractivity contribution in [1.29, 1.82) is 0 Å². The first-order valence-electron chi connectivity index (χ1n) is 7.48. The molecule has 3 rings (SSSR count). The number of aromatic nitrogens is 1. The lowest BCUT2D eigenvalue weighted by Crippen LogP contribution is -2.26. The number of thiophene rings is 1. The van der Waals surface area contributed by atoms with Crippen molar-refractivity contribution in [1.82, 2.24) is 9.88 Å². The molecule has 8 heteroatoms. The molecule has 128 valence electrons. The number of hydrogen-bond donors (Lipinski definition) is 1. The van der Waals surface area contributed by atoms with Crippen LogP contribution in [-0.4, -0.2) is 44.1 Å². The first-order chi connectivity index (χ1) is 11.6. The van der Waals surface area contributed by atoms with E-state index in [0.717, 1.165) is 28.6 Å². The number of nitrogens with one attached hydrogen (secondary N) is 1. The van der Waals surface area contributed by atoms with Crippen LogP contribution in [0.2, 0.25) is 0 Å². The van der Waals surface area contributed by atoms with E-state index in [9.17, 15) is 4.39 Å². The summed E-state index contributed by atoms with van der Waals surface area (Å²) < 4.78 is 18.7. The Balaban J connectivity index is 1.94. The Bertz CT molecular complexity index is 801. The summed E-state index contributed by atoms with van der Waals surface area (Å²) in [6.45, 7) is 1.70. The van der Waals surface area contributed by atoms with Crippen molar-refractivity contribution < 1.29 is 4.39 Å². The lowest BCUT2D eigenvalue weighted by molar-refractivity contribution is 0.421. The van der Waals surface area contributed by atoms with Gasteiger partial charge in [-0.05, 0) is 43.6 Å². The number of likely N-dealkylation sites (N-methyl/N-ethyl adjacent to an activating group) is 1. The predicted octanol–water partition coefficient (Wildman–Crippen LogP) is 4.61. The number of fused-ring (bicyclic) bond motifs is 1. The van der Waals surface area contributed by atoms with E-state index >= 15 is 0 Å². The molecule has 0 fully saturated rings. The Morgan fingerprint density at radius 3 is 2.79 bits per heavy atom. The molecule has 0 spiro atoms. The second kappa shape index (κ2) is 7.69. The molecule has 2 heterocycles. The summed E-state index contributed by atoms with van der Waals surface area (Å²) >= 11 is 4.81. The minimum absolute atomic E-state index is 0.276. The summed E-state index contributed by atoms with van der Waals surface area (Å²) in [7, 11) is 5.88. The molecule has 1 aromatic carbocycles. The fraction of sp³-hybridized carbons (Fsp3) is 0.312. The fourth-order valence-corrected chi connectivity index (χ4v) is 4.83. The summed E-state index contributed by atoms with van der Waals surface area (Å²) in [5, 5.41) is 5.77. The molecule has 0 saturated carbocycles. The average molecular weight is 383 g/mol. The third kappa shape index (κ3) is 4.00. The van der Waals surface area contributed by atoms with Gasteiger partial charge in [-0.2, -0.15) is 0 Å². The van der Waals surface area contributed by atoms with Gasteiger partial charge in [0.25, 0.3) is 0 Å². The first-order valence-corrected chi connectivity index (χ1v) is 9.95. The van der Waals surface area contributed by atoms with Crippen LogP contribution in [0.5, 0.6) is 0 Å². The number of halogens is 1. The van der Waals surface area contributed by atoms with E-state index in [0.29, 0.717) is 5.52 Å². The smallest absolute Gasteiger partial charge is 0.183 e. The molecule has 24 heavy (non-hydrogen) atoms. The highest BCUT2D eigenvalue weighted by Crippen LogP contribution is 2.36. The molecule has 3 aromatic rings. The van der Waals surface area contributed by atoms with E-state index in [1.807, 2.05) is 26.2 Å². The highest BCUT2D eigenvalue weighted by molar-refractivity contribution is 8.02. The van der Waals surface area contributed by atoms with Gasteiger partial charge >= 0.3 is 0 Å². The van der Waals surface area contributed by atoms with Crippen LogP contribution in [0.25, 0.3) is 10.2 Å². The van der Waals surface area contributed by atoms with Crippen molar-refractivity contribution in [2.45, 2.75) is 4.21 Å². The highest BCUT2D eigenvalue weighted by atomic mass is 32.2. The topological polar surface area (TPSA) is 31.4 Å². The Morgan fingerprint density at radius 2 is 2.12 bits per heavy atom. The molecule has 0 aliphatic heterocycles. The molecule has 0 atom stereocenters. The van der Waals surface area contributed by atoms with Gasteiger partial charge < -0.3 is 14.5 Å². The van der Waals surface area contributed by atoms with E-state index in [-0.39, 0.29) is 5.82 Å². The van der Waals surface area contributed by atoms with E-state index in [2.05, 4.69) is 31.0 Å². The van der Waals surface area contributed by atoms with Gasteiger partial charge in [-0.3, -0.25) is 0 Å². The Morgan fingerprint density at radius 1 is 1.29 bits per heavy atom. The zero-order valence-corrected chi connectivity index (χ0v) is 16.2. The molecule has 0 bridgehead atoms. The van der Waals surface area contributed by atoms with Crippen molar-refractivity contribution in [2.75, 3.05) is 43.9 Å². The maximum atomic E-state index is 14.5. The Kier molecular flexibility index (Phi) is 5.60. The summed E-state index contributed by atoms with van der Waals surface area (Å²) in [6, 6.07) is 7.72. The molecule has 1 N–H and O–H groups in total. The second-order valence-corrected chi connectivity index (χ2v) is 8.77. The third-order valence-electron chi connectivity index (χ3n) is 3.38. The van der Waals surface area contributed by atoms with Crippen LogP contribution in [0.15, 0.2) is 33.9 Å².